The Labute approximate surface area is 135 Å². The number of hydrogen-bond acceptors (Lipinski definition) is 4. The van der Waals surface area contributed by atoms with Crippen LogP contribution in [-0.4, -0.2) is 89.0 Å². The van der Waals surface area contributed by atoms with Gasteiger partial charge >= 0.3 is 0 Å². The molecule has 0 aliphatic carbocycles. The Kier molecular flexibility index (Phi) is 10.2. The molecule has 1 N–H and O–H groups in total. The highest BCUT2D eigenvalue weighted by Crippen LogP contribution is 2.16. The van der Waals surface area contributed by atoms with Crippen molar-refractivity contribution in [3.63, 3.8) is 0 Å². The minimum Gasteiger partial charge on any atom is -0.382 e. The first-order valence-electron chi connectivity index (χ1n) is 8.49. The lowest BCUT2D eigenvalue weighted by Crippen LogP contribution is -2.40. The first kappa shape index (κ1) is 19.2. The third kappa shape index (κ3) is 7.42. The summed E-state index contributed by atoms with van der Waals surface area (Å²) in [6.07, 6.45) is 1.17. The van der Waals surface area contributed by atoms with Gasteiger partial charge in [0, 0.05) is 39.2 Å². The van der Waals surface area contributed by atoms with Crippen LogP contribution in [0.25, 0.3) is 0 Å². The average molecular weight is 314 g/mol. The molecule has 0 aromatic heterocycles. The zero-order chi connectivity index (χ0) is 16.2. The predicted octanol–water partition coefficient (Wildman–Crippen LogP) is 0.889. The molecular weight excluding hydrogens is 280 g/mol. The van der Waals surface area contributed by atoms with E-state index >= 15 is 0 Å². The van der Waals surface area contributed by atoms with Crippen LogP contribution >= 0.6 is 0 Å². The van der Waals surface area contributed by atoms with Crippen LogP contribution in [0.5, 0.6) is 0 Å². The number of nitrogens with zero attached hydrogens (tertiary/aromatic N) is 3. The number of likely N-dealkylation sites (N-methyl/N-ethyl adjacent to an activating group) is 1. The van der Waals surface area contributed by atoms with E-state index in [0.29, 0.717) is 19.1 Å². The summed E-state index contributed by atoms with van der Waals surface area (Å²) in [7, 11) is 3.83. The van der Waals surface area contributed by atoms with Crippen molar-refractivity contribution >= 4 is 5.96 Å². The standard InChI is InChI=1S/C16H34N4O2/c1-5-17-16(18-8-10-19(3)6-2)20-9-7-15(13-20)14-22-12-11-21-4/h15H,5-14H2,1-4H3,(H,17,18). The Morgan fingerprint density at radius 1 is 1.36 bits per heavy atom. The van der Waals surface area contributed by atoms with E-state index in [4.69, 9.17) is 14.5 Å². The Hall–Kier alpha value is -0.850. The zero-order valence-corrected chi connectivity index (χ0v) is 14.8. The van der Waals surface area contributed by atoms with E-state index in [1.54, 1.807) is 7.11 Å². The molecule has 0 amide bonds. The fourth-order valence-electron chi connectivity index (χ4n) is 2.46. The van der Waals surface area contributed by atoms with E-state index in [1.165, 1.54) is 6.42 Å². The molecule has 1 atom stereocenters. The maximum atomic E-state index is 5.65. The maximum Gasteiger partial charge on any atom is 0.193 e. The van der Waals surface area contributed by atoms with E-state index in [0.717, 1.165) is 51.8 Å². The van der Waals surface area contributed by atoms with Crippen molar-refractivity contribution in [2.45, 2.75) is 20.3 Å². The van der Waals surface area contributed by atoms with Gasteiger partial charge in [-0.05, 0) is 26.9 Å². The summed E-state index contributed by atoms with van der Waals surface area (Å²) in [5.41, 5.74) is 0. The molecule has 1 aliphatic rings. The highest BCUT2D eigenvalue weighted by molar-refractivity contribution is 5.80. The lowest BCUT2D eigenvalue weighted by atomic mass is 10.1. The lowest BCUT2D eigenvalue weighted by molar-refractivity contribution is 0.0536. The highest BCUT2D eigenvalue weighted by Gasteiger charge is 2.24. The molecule has 22 heavy (non-hydrogen) atoms. The molecule has 0 aromatic rings. The molecule has 1 fully saturated rings. The van der Waals surface area contributed by atoms with Crippen LogP contribution in [0.3, 0.4) is 0 Å². The SMILES string of the molecule is CCNC(=NCCN(C)CC)N1CCC(COCCOC)C1. The van der Waals surface area contributed by atoms with Crippen LogP contribution in [0.2, 0.25) is 0 Å². The molecule has 6 heteroatoms. The van der Waals surface area contributed by atoms with Gasteiger partial charge in [0.25, 0.3) is 0 Å². The Morgan fingerprint density at radius 2 is 2.18 bits per heavy atom. The molecule has 0 saturated carbocycles. The molecule has 130 valence electrons. The summed E-state index contributed by atoms with van der Waals surface area (Å²) in [6.45, 7) is 12.4. The number of rotatable bonds is 10. The van der Waals surface area contributed by atoms with Crippen LogP contribution < -0.4 is 5.32 Å². The minimum absolute atomic E-state index is 0.596. The molecular formula is C16H34N4O2. The summed E-state index contributed by atoms with van der Waals surface area (Å²) >= 11 is 0. The highest BCUT2D eigenvalue weighted by atomic mass is 16.5. The van der Waals surface area contributed by atoms with Crippen LogP contribution in [0.4, 0.5) is 0 Å². The van der Waals surface area contributed by atoms with E-state index in [-0.39, 0.29) is 0 Å². The van der Waals surface area contributed by atoms with Crippen molar-refractivity contribution in [1.82, 2.24) is 15.1 Å². The number of likely N-dealkylation sites (tertiary alicyclic amines) is 1. The lowest BCUT2D eigenvalue weighted by Gasteiger charge is -2.22. The van der Waals surface area contributed by atoms with E-state index in [2.05, 4.69) is 36.0 Å². The van der Waals surface area contributed by atoms with Gasteiger partial charge < -0.3 is 24.6 Å². The number of ether oxygens (including phenoxy) is 2. The minimum atomic E-state index is 0.596. The number of hydrogen-bond donors (Lipinski definition) is 1. The summed E-state index contributed by atoms with van der Waals surface area (Å²) in [4.78, 5) is 9.40. The van der Waals surface area contributed by atoms with Crippen molar-refractivity contribution in [3.05, 3.63) is 0 Å². The second kappa shape index (κ2) is 11.7. The largest absolute Gasteiger partial charge is 0.382 e. The average Bonchev–Trinajstić information content (AvgIpc) is 2.99. The summed E-state index contributed by atoms with van der Waals surface area (Å²) in [5, 5.41) is 3.41. The van der Waals surface area contributed by atoms with Crippen LogP contribution in [0, 0.1) is 5.92 Å². The van der Waals surface area contributed by atoms with Gasteiger partial charge in [-0.15, -0.1) is 0 Å². The zero-order valence-electron chi connectivity index (χ0n) is 14.8. The number of guanidine groups is 1. The molecule has 1 aliphatic heterocycles. The van der Waals surface area contributed by atoms with Crippen molar-refractivity contribution in [1.29, 1.82) is 0 Å². The number of nitrogens with one attached hydrogen (secondary N) is 1. The summed E-state index contributed by atoms with van der Waals surface area (Å²) < 4.78 is 10.7. The van der Waals surface area contributed by atoms with Crippen molar-refractivity contribution < 1.29 is 9.47 Å². The quantitative estimate of drug-likeness (QED) is 0.369. The second-order valence-electron chi connectivity index (χ2n) is 5.80. The molecule has 0 spiro atoms. The van der Waals surface area contributed by atoms with Gasteiger partial charge in [-0.25, -0.2) is 0 Å². The fraction of sp³-hybridized carbons (Fsp3) is 0.938. The van der Waals surface area contributed by atoms with Crippen molar-refractivity contribution in [3.8, 4) is 0 Å². The van der Waals surface area contributed by atoms with E-state index < -0.39 is 0 Å². The summed E-state index contributed by atoms with van der Waals surface area (Å²) in [5.74, 6) is 1.64. The Balaban J connectivity index is 2.36. The Morgan fingerprint density at radius 3 is 2.86 bits per heavy atom. The van der Waals surface area contributed by atoms with Gasteiger partial charge in [-0.2, -0.15) is 0 Å². The Bertz CT molecular complexity index is 313. The van der Waals surface area contributed by atoms with Crippen molar-refractivity contribution in [2.24, 2.45) is 10.9 Å². The van der Waals surface area contributed by atoms with Gasteiger partial charge in [0.15, 0.2) is 5.96 Å². The summed E-state index contributed by atoms with van der Waals surface area (Å²) in [6, 6.07) is 0. The predicted molar refractivity (Wildman–Crippen MR) is 91.5 cm³/mol. The molecule has 1 unspecified atom stereocenters. The molecule has 0 bridgehead atoms. The number of aliphatic imine (C=N–C) groups is 1. The normalized spacial score (nSPS) is 19.2. The van der Waals surface area contributed by atoms with Crippen LogP contribution in [0.1, 0.15) is 20.3 Å². The monoisotopic (exact) mass is 314 g/mol. The molecule has 1 heterocycles. The van der Waals surface area contributed by atoms with Gasteiger partial charge in [-0.3, -0.25) is 4.99 Å². The van der Waals surface area contributed by atoms with Crippen molar-refractivity contribution in [2.75, 3.05) is 73.2 Å². The van der Waals surface area contributed by atoms with Gasteiger partial charge in [0.2, 0.25) is 0 Å². The fourth-order valence-corrected chi connectivity index (χ4v) is 2.46. The molecule has 0 aromatic carbocycles. The molecule has 1 saturated heterocycles. The topological polar surface area (TPSA) is 49.3 Å². The third-order valence-corrected chi connectivity index (χ3v) is 3.99. The maximum absolute atomic E-state index is 5.65. The van der Waals surface area contributed by atoms with Crippen LogP contribution in [-0.2, 0) is 9.47 Å². The first-order chi connectivity index (χ1) is 10.7. The van der Waals surface area contributed by atoms with Gasteiger partial charge in [0.1, 0.15) is 0 Å². The molecule has 0 radical (unpaired) electrons. The second-order valence-corrected chi connectivity index (χ2v) is 5.80. The van der Waals surface area contributed by atoms with Crippen LogP contribution in [0.15, 0.2) is 4.99 Å². The number of methoxy groups -OCH3 is 1. The third-order valence-electron chi connectivity index (χ3n) is 3.99. The molecule has 1 rings (SSSR count). The smallest absolute Gasteiger partial charge is 0.193 e. The van der Waals surface area contributed by atoms with Gasteiger partial charge in [0.05, 0.1) is 26.4 Å². The first-order valence-corrected chi connectivity index (χ1v) is 8.49. The van der Waals surface area contributed by atoms with E-state index in [9.17, 15) is 0 Å². The molecule has 6 nitrogen and oxygen atoms in total. The van der Waals surface area contributed by atoms with E-state index in [1.807, 2.05) is 0 Å². The van der Waals surface area contributed by atoms with Gasteiger partial charge in [-0.1, -0.05) is 6.92 Å².